The Morgan fingerprint density at radius 3 is 2.82 bits per heavy atom. The van der Waals surface area contributed by atoms with Crippen molar-refractivity contribution in [3.63, 3.8) is 0 Å². The van der Waals surface area contributed by atoms with Gasteiger partial charge in [0, 0.05) is 16.3 Å². The summed E-state index contributed by atoms with van der Waals surface area (Å²) < 4.78 is 0. The molecule has 2 N–H and O–H groups in total. The first kappa shape index (κ1) is 12.0. The van der Waals surface area contributed by atoms with Gasteiger partial charge in [0.25, 0.3) is 0 Å². The topological polar surface area (TPSA) is 40.7 Å². The number of benzene rings is 1. The molecule has 4 heteroatoms. The number of nitrogens with one attached hydrogen (secondary N) is 2. The van der Waals surface area contributed by atoms with Crippen LogP contribution in [0.4, 0.5) is 5.69 Å². The van der Waals surface area contributed by atoms with Crippen LogP contribution in [0.25, 0.3) is 0 Å². The van der Waals surface area contributed by atoms with E-state index in [0.29, 0.717) is 0 Å². The molecule has 0 fully saturated rings. The maximum atomic E-state index is 4.44. The number of imidazole rings is 1. The summed E-state index contributed by atoms with van der Waals surface area (Å²) in [5, 5.41) is 3.37. The lowest BCUT2D eigenvalue weighted by molar-refractivity contribution is 0.986. The van der Waals surface area contributed by atoms with E-state index in [1.807, 2.05) is 13.8 Å². The average Bonchev–Trinajstić information content (AvgIpc) is 2.67. The molecule has 1 heterocycles. The van der Waals surface area contributed by atoms with E-state index in [9.17, 15) is 0 Å². The standard InChI is InChI=1S/C13H17N3S/c1-9-10(2)16-13(15-9)8-14-11-5-4-6-12(7-11)17-3/h4-7,14H,8H2,1-3H3,(H,15,16). The highest BCUT2D eigenvalue weighted by atomic mass is 32.2. The highest BCUT2D eigenvalue weighted by Gasteiger charge is 2.02. The Morgan fingerprint density at radius 2 is 2.18 bits per heavy atom. The fourth-order valence-electron chi connectivity index (χ4n) is 1.62. The van der Waals surface area contributed by atoms with Gasteiger partial charge in [-0.1, -0.05) is 6.07 Å². The van der Waals surface area contributed by atoms with E-state index in [1.165, 1.54) is 4.90 Å². The lowest BCUT2D eigenvalue weighted by atomic mass is 10.3. The summed E-state index contributed by atoms with van der Waals surface area (Å²) in [6.45, 7) is 4.79. The number of rotatable bonds is 4. The molecule has 2 rings (SSSR count). The number of hydrogen-bond acceptors (Lipinski definition) is 3. The molecule has 0 aliphatic carbocycles. The van der Waals surface area contributed by atoms with Crippen LogP contribution >= 0.6 is 11.8 Å². The molecule has 0 bridgehead atoms. The summed E-state index contributed by atoms with van der Waals surface area (Å²) in [5.74, 6) is 0.981. The van der Waals surface area contributed by atoms with Gasteiger partial charge in [-0.3, -0.25) is 0 Å². The van der Waals surface area contributed by atoms with Gasteiger partial charge in [0.05, 0.1) is 12.2 Å². The SMILES string of the molecule is CSc1cccc(NCc2nc(C)c(C)[nH]2)c1. The molecular weight excluding hydrogens is 230 g/mol. The number of hydrogen-bond donors (Lipinski definition) is 2. The number of aryl methyl sites for hydroxylation is 2. The third-order valence-corrected chi connectivity index (χ3v) is 3.43. The first-order chi connectivity index (χ1) is 8.19. The Balaban J connectivity index is 2.01. The van der Waals surface area contributed by atoms with Crippen molar-refractivity contribution in [1.82, 2.24) is 9.97 Å². The monoisotopic (exact) mass is 247 g/mol. The number of aromatic nitrogens is 2. The number of thioether (sulfide) groups is 1. The second-order valence-electron chi connectivity index (χ2n) is 3.98. The van der Waals surface area contributed by atoms with E-state index in [2.05, 4.69) is 45.8 Å². The zero-order valence-electron chi connectivity index (χ0n) is 10.4. The quantitative estimate of drug-likeness (QED) is 0.814. The molecule has 0 aliphatic rings. The molecule has 0 saturated heterocycles. The summed E-state index contributed by atoms with van der Waals surface area (Å²) in [6, 6.07) is 8.39. The zero-order chi connectivity index (χ0) is 12.3. The molecular formula is C13H17N3S. The van der Waals surface area contributed by atoms with Crippen LogP contribution in [0.3, 0.4) is 0 Å². The molecule has 17 heavy (non-hydrogen) atoms. The molecule has 1 aromatic carbocycles. The van der Waals surface area contributed by atoms with Crippen LogP contribution in [0.2, 0.25) is 0 Å². The van der Waals surface area contributed by atoms with Gasteiger partial charge in [-0.05, 0) is 38.3 Å². The highest BCUT2D eigenvalue weighted by Crippen LogP contribution is 2.19. The predicted molar refractivity (Wildman–Crippen MR) is 73.6 cm³/mol. The van der Waals surface area contributed by atoms with Gasteiger partial charge in [0.15, 0.2) is 0 Å². The van der Waals surface area contributed by atoms with Crippen molar-refractivity contribution >= 4 is 17.4 Å². The van der Waals surface area contributed by atoms with Gasteiger partial charge in [-0.15, -0.1) is 11.8 Å². The molecule has 0 spiro atoms. The Morgan fingerprint density at radius 1 is 1.35 bits per heavy atom. The second-order valence-corrected chi connectivity index (χ2v) is 4.86. The van der Waals surface area contributed by atoms with Crippen molar-refractivity contribution in [2.45, 2.75) is 25.3 Å². The molecule has 0 aliphatic heterocycles. The number of anilines is 1. The van der Waals surface area contributed by atoms with Gasteiger partial charge >= 0.3 is 0 Å². The van der Waals surface area contributed by atoms with Crippen LogP contribution in [-0.2, 0) is 6.54 Å². The average molecular weight is 247 g/mol. The first-order valence-corrected chi connectivity index (χ1v) is 6.81. The molecule has 0 radical (unpaired) electrons. The van der Waals surface area contributed by atoms with E-state index < -0.39 is 0 Å². The van der Waals surface area contributed by atoms with Crippen molar-refractivity contribution in [2.75, 3.05) is 11.6 Å². The van der Waals surface area contributed by atoms with Crippen molar-refractivity contribution in [3.8, 4) is 0 Å². The summed E-state index contributed by atoms with van der Waals surface area (Å²) in [5.41, 5.74) is 3.34. The van der Waals surface area contributed by atoms with Gasteiger partial charge in [0.1, 0.15) is 5.82 Å². The van der Waals surface area contributed by atoms with Crippen LogP contribution in [-0.4, -0.2) is 16.2 Å². The molecule has 0 amide bonds. The van der Waals surface area contributed by atoms with E-state index in [0.717, 1.165) is 29.4 Å². The van der Waals surface area contributed by atoms with Crippen molar-refractivity contribution < 1.29 is 0 Å². The zero-order valence-corrected chi connectivity index (χ0v) is 11.2. The van der Waals surface area contributed by atoms with Gasteiger partial charge < -0.3 is 10.3 Å². The maximum absolute atomic E-state index is 4.44. The molecule has 3 nitrogen and oxygen atoms in total. The van der Waals surface area contributed by atoms with Crippen LogP contribution in [0.1, 0.15) is 17.2 Å². The smallest absolute Gasteiger partial charge is 0.125 e. The number of H-pyrrole nitrogens is 1. The lowest BCUT2D eigenvalue weighted by Gasteiger charge is -2.05. The molecule has 0 unspecified atom stereocenters. The Labute approximate surface area is 106 Å². The van der Waals surface area contributed by atoms with E-state index >= 15 is 0 Å². The number of nitrogens with zero attached hydrogens (tertiary/aromatic N) is 1. The third-order valence-electron chi connectivity index (χ3n) is 2.71. The second kappa shape index (κ2) is 5.27. The maximum Gasteiger partial charge on any atom is 0.125 e. The molecule has 0 atom stereocenters. The Kier molecular flexibility index (Phi) is 3.74. The normalized spacial score (nSPS) is 10.5. The van der Waals surface area contributed by atoms with Gasteiger partial charge in [-0.25, -0.2) is 4.98 Å². The predicted octanol–water partition coefficient (Wildman–Crippen LogP) is 3.36. The van der Waals surface area contributed by atoms with Crippen molar-refractivity contribution in [1.29, 1.82) is 0 Å². The highest BCUT2D eigenvalue weighted by molar-refractivity contribution is 7.98. The van der Waals surface area contributed by atoms with Crippen molar-refractivity contribution in [2.24, 2.45) is 0 Å². The Bertz CT molecular complexity index is 486. The minimum absolute atomic E-state index is 0.729. The summed E-state index contributed by atoms with van der Waals surface area (Å²) in [6.07, 6.45) is 2.08. The largest absolute Gasteiger partial charge is 0.378 e. The van der Waals surface area contributed by atoms with E-state index in [1.54, 1.807) is 11.8 Å². The van der Waals surface area contributed by atoms with Crippen molar-refractivity contribution in [3.05, 3.63) is 41.5 Å². The Hall–Kier alpha value is -1.42. The minimum atomic E-state index is 0.729. The molecule has 2 aromatic rings. The van der Waals surface area contributed by atoms with E-state index in [4.69, 9.17) is 0 Å². The summed E-state index contributed by atoms with van der Waals surface area (Å²) in [4.78, 5) is 8.97. The fourth-order valence-corrected chi connectivity index (χ4v) is 2.08. The molecule has 0 saturated carbocycles. The van der Waals surface area contributed by atoms with Crippen LogP contribution < -0.4 is 5.32 Å². The third kappa shape index (κ3) is 3.03. The summed E-state index contributed by atoms with van der Waals surface area (Å²) in [7, 11) is 0. The van der Waals surface area contributed by atoms with Crippen LogP contribution in [0, 0.1) is 13.8 Å². The fraction of sp³-hybridized carbons (Fsp3) is 0.308. The molecule has 1 aromatic heterocycles. The van der Waals surface area contributed by atoms with Gasteiger partial charge in [-0.2, -0.15) is 0 Å². The van der Waals surface area contributed by atoms with Gasteiger partial charge in [0.2, 0.25) is 0 Å². The minimum Gasteiger partial charge on any atom is -0.378 e. The van der Waals surface area contributed by atoms with E-state index in [-0.39, 0.29) is 0 Å². The first-order valence-electron chi connectivity index (χ1n) is 5.59. The molecule has 90 valence electrons. The van der Waals surface area contributed by atoms with Crippen LogP contribution in [0.5, 0.6) is 0 Å². The van der Waals surface area contributed by atoms with Crippen LogP contribution in [0.15, 0.2) is 29.2 Å². The number of aromatic amines is 1. The lowest BCUT2D eigenvalue weighted by Crippen LogP contribution is -2.01. The summed E-state index contributed by atoms with van der Waals surface area (Å²) >= 11 is 1.75.